The number of aryl methyl sites for hydroxylation is 1. The molecule has 144 valence electrons. The number of amides is 1. The molecule has 9 heteroatoms. The van der Waals surface area contributed by atoms with Gasteiger partial charge >= 0.3 is 11.7 Å². The summed E-state index contributed by atoms with van der Waals surface area (Å²) in [5.74, 6) is -0.770. The molecule has 2 aromatic rings. The Morgan fingerprint density at radius 1 is 1.19 bits per heavy atom. The van der Waals surface area contributed by atoms with Crippen molar-refractivity contribution >= 4 is 27.8 Å². The number of ether oxygens (including phenoxy) is 1. The molecule has 0 aliphatic heterocycles. The van der Waals surface area contributed by atoms with Crippen molar-refractivity contribution in [2.24, 2.45) is 0 Å². The van der Waals surface area contributed by atoms with Crippen LogP contribution in [-0.2, 0) is 20.7 Å². The molecule has 8 nitrogen and oxygen atoms in total. The Morgan fingerprint density at radius 3 is 2.44 bits per heavy atom. The minimum atomic E-state index is -0.584. The third-order valence-corrected chi connectivity index (χ3v) is 4.59. The number of halogens is 1. The van der Waals surface area contributed by atoms with Gasteiger partial charge in [0, 0.05) is 22.2 Å². The Kier molecular flexibility index (Phi) is 7.12. The molecule has 1 amide bonds. The number of esters is 1. The van der Waals surface area contributed by atoms with Gasteiger partial charge < -0.3 is 15.0 Å². The van der Waals surface area contributed by atoms with Crippen LogP contribution in [0, 0.1) is 6.92 Å². The van der Waals surface area contributed by atoms with Crippen LogP contribution < -0.4 is 16.6 Å². The highest BCUT2D eigenvalue weighted by atomic mass is 79.9. The van der Waals surface area contributed by atoms with E-state index < -0.39 is 23.3 Å². The van der Waals surface area contributed by atoms with Gasteiger partial charge in [-0.2, -0.15) is 0 Å². The summed E-state index contributed by atoms with van der Waals surface area (Å²) >= 11 is 3.34. The Morgan fingerprint density at radius 2 is 1.85 bits per heavy atom. The second-order valence-electron chi connectivity index (χ2n) is 5.96. The molecule has 0 aliphatic carbocycles. The summed E-state index contributed by atoms with van der Waals surface area (Å²) in [6.45, 7) is 1.60. The lowest BCUT2D eigenvalue weighted by atomic mass is 10.0. The van der Waals surface area contributed by atoms with Crippen molar-refractivity contribution in [1.29, 1.82) is 0 Å². The average molecular weight is 438 g/mol. The standard InChI is InChI=1S/C18H20BrN3O5/c1-10-13(17(25)22-18(26)20-10)7-8-15(23)21-14(9-16(24)27-2)11-3-5-12(19)6-4-11/h3-6,14H,7-9H2,1-2H3,(H,21,23)(H2,20,22,25,26)/t14-/m1/s1. The molecule has 0 unspecified atom stereocenters. The van der Waals surface area contributed by atoms with Crippen LogP contribution in [0.15, 0.2) is 38.3 Å². The second kappa shape index (κ2) is 9.31. The number of carbonyl (C=O) groups excluding carboxylic acids is 2. The van der Waals surface area contributed by atoms with E-state index in [9.17, 15) is 19.2 Å². The van der Waals surface area contributed by atoms with Gasteiger partial charge in [-0.25, -0.2) is 4.79 Å². The van der Waals surface area contributed by atoms with E-state index in [2.05, 4.69) is 31.2 Å². The van der Waals surface area contributed by atoms with Gasteiger partial charge in [0.05, 0.1) is 19.6 Å². The van der Waals surface area contributed by atoms with E-state index in [1.54, 1.807) is 19.1 Å². The van der Waals surface area contributed by atoms with Gasteiger partial charge in [0.25, 0.3) is 5.56 Å². The van der Waals surface area contributed by atoms with Crippen LogP contribution in [0.3, 0.4) is 0 Å². The van der Waals surface area contributed by atoms with Crippen molar-refractivity contribution in [2.45, 2.75) is 32.2 Å². The van der Waals surface area contributed by atoms with Crippen LogP contribution in [-0.4, -0.2) is 29.0 Å². The fourth-order valence-electron chi connectivity index (χ4n) is 2.63. The van der Waals surface area contributed by atoms with Gasteiger partial charge in [0.2, 0.25) is 5.91 Å². The average Bonchev–Trinajstić information content (AvgIpc) is 2.60. The first-order valence-corrected chi connectivity index (χ1v) is 9.03. The summed E-state index contributed by atoms with van der Waals surface area (Å²) in [5.41, 5.74) is 0.436. The molecule has 0 radical (unpaired) electrons. The number of hydrogen-bond acceptors (Lipinski definition) is 5. The van der Waals surface area contributed by atoms with Gasteiger partial charge in [-0.05, 0) is 31.0 Å². The molecule has 1 atom stereocenters. The van der Waals surface area contributed by atoms with E-state index in [0.29, 0.717) is 11.3 Å². The number of aromatic nitrogens is 2. The van der Waals surface area contributed by atoms with E-state index in [0.717, 1.165) is 10.0 Å². The molecule has 1 heterocycles. The van der Waals surface area contributed by atoms with Crippen molar-refractivity contribution in [3.63, 3.8) is 0 Å². The SMILES string of the molecule is COC(=O)C[C@@H](NC(=O)CCc1c(C)[nH]c(=O)[nH]c1=O)c1ccc(Br)cc1. The maximum atomic E-state index is 12.4. The van der Waals surface area contributed by atoms with Gasteiger partial charge in [-0.15, -0.1) is 0 Å². The third kappa shape index (κ3) is 5.92. The number of benzene rings is 1. The summed E-state index contributed by atoms with van der Waals surface area (Å²) < 4.78 is 5.58. The molecule has 0 aliphatic rings. The highest BCUT2D eigenvalue weighted by Gasteiger charge is 2.19. The van der Waals surface area contributed by atoms with Gasteiger partial charge in [0.15, 0.2) is 0 Å². The predicted octanol–water partition coefficient (Wildman–Crippen LogP) is 1.49. The smallest absolute Gasteiger partial charge is 0.325 e. The van der Waals surface area contributed by atoms with Crippen molar-refractivity contribution in [1.82, 2.24) is 15.3 Å². The maximum Gasteiger partial charge on any atom is 0.325 e. The zero-order valence-corrected chi connectivity index (χ0v) is 16.5. The van der Waals surface area contributed by atoms with Crippen LogP contribution in [0.5, 0.6) is 0 Å². The molecule has 0 spiro atoms. The number of aromatic amines is 2. The summed E-state index contributed by atoms with van der Waals surface area (Å²) in [7, 11) is 1.29. The topological polar surface area (TPSA) is 121 Å². The minimum absolute atomic E-state index is 0.0118. The lowest BCUT2D eigenvalue weighted by molar-refractivity contribution is -0.141. The lowest BCUT2D eigenvalue weighted by Gasteiger charge is -2.18. The number of rotatable bonds is 7. The first kappa shape index (κ1) is 20.6. The van der Waals surface area contributed by atoms with E-state index in [4.69, 9.17) is 4.74 Å². The maximum absolute atomic E-state index is 12.4. The zero-order chi connectivity index (χ0) is 20.0. The molecule has 0 saturated heterocycles. The van der Waals surface area contributed by atoms with Gasteiger partial charge in [-0.3, -0.25) is 19.4 Å². The number of H-pyrrole nitrogens is 2. The van der Waals surface area contributed by atoms with Gasteiger partial charge in [-0.1, -0.05) is 28.1 Å². The number of methoxy groups -OCH3 is 1. The molecular formula is C18H20BrN3O5. The van der Waals surface area contributed by atoms with Crippen molar-refractivity contribution < 1.29 is 14.3 Å². The fraction of sp³-hybridized carbons (Fsp3) is 0.333. The molecular weight excluding hydrogens is 418 g/mol. The largest absolute Gasteiger partial charge is 0.469 e. The number of hydrogen-bond donors (Lipinski definition) is 3. The molecule has 1 aromatic heterocycles. The van der Waals surface area contributed by atoms with Crippen molar-refractivity contribution in [3.05, 3.63) is 66.4 Å². The zero-order valence-electron chi connectivity index (χ0n) is 14.9. The van der Waals surface area contributed by atoms with E-state index in [1.807, 2.05) is 12.1 Å². The first-order valence-electron chi connectivity index (χ1n) is 8.24. The molecule has 0 saturated carbocycles. The molecule has 3 N–H and O–H groups in total. The Bertz CT molecular complexity index is 933. The van der Waals surface area contributed by atoms with Crippen LogP contribution in [0.25, 0.3) is 0 Å². The number of carbonyl (C=O) groups is 2. The molecule has 2 rings (SSSR count). The second-order valence-corrected chi connectivity index (χ2v) is 6.88. The monoisotopic (exact) mass is 437 g/mol. The Labute approximate surface area is 163 Å². The summed E-state index contributed by atoms with van der Waals surface area (Å²) in [6, 6.07) is 6.68. The quantitative estimate of drug-likeness (QED) is 0.566. The summed E-state index contributed by atoms with van der Waals surface area (Å²) in [6.07, 6.45) is 0.182. The highest BCUT2D eigenvalue weighted by molar-refractivity contribution is 9.10. The normalized spacial score (nSPS) is 11.7. The summed E-state index contributed by atoms with van der Waals surface area (Å²) in [4.78, 5) is 51.8. The van der Waals surface area contributed by atoms with Crippen LogP contribution in [0.2, 0.25) is 0 Å². The third-order valence-electron chi connectivity index (χ3n) is 4.06. The van der Waals surface area contributed by atoms with Crippen LogP contribution in [0.1, 0.15) is 35.7 Å². The lowest BCUT2D eigenvalue weighted by Crippen LogP contribution is -2.32. The molecule has 27 heavy (non-hydrogen) atoms. The Hall–Kier alpha value is -2.68. The highest BCUT2D eigenvalue weighted by Crippen LogP contribution is 2.20. The van der Waals surface area contributed by atoms with E-state index in [1.165, 1.54) is 7.11 Å². The molecule has 1 aromatic carbocycles. The van der Waals surface area contributed by atoms with Crippen LogP contribution in [0.4, 0.5) is 0 Å². The van der Waals surface area contributed by atoms with Crippen LogP contribution >= 0.6 is 15.9 Å². The van der Waals surface area contributed by atoms with E-state index in [-0.39, 0.29) is 25.2 Å². The van der Waals surface area contributed by atoms with Crippen molar-refractivity contribution in [3.8, 4) is 0 Å². The number of nitrogens with one attached hydrogen (secondary N) is 3. The Balaban J connectivity index is 2.09. The molecule has 0 fully saturated rings. The van der Waals surface area contributed by atoms with E-state index >= 15 is 0 Å². The fourth-order valence-corrected chi connectivity index (χ4v) is 2.89. The summed E-state index contributed by atoms with van der Waals surface area (Å²) in [5, 5.41) is 2.80. The molecule has 0 bridgehead atoms. The first-order chi connectivity index (χ1) is 12.8. The van der Waals surface area contributed by atoms with Crippen molar-refractivity contribution in [2.75, 3.05) is 7.11 Å². The predicted molar refractivity (Wildman–Crippen MR) is 102 cm³/mol. The minimum Gasteiger partial charge on any atom is -0.469 e. The van der Waals surface area contributed by atoms with Gasteiger partial charge in [0.1, 0.15) is 0 Å².